The summed E-state index contributed by atoms with van der Waals surface area (Å²) in [6, 6.07) is 15.3. The molecule has 4 aromatic rings. The molecule has 14 nitrogen and oxygen atoms in total. The second-order valence-electron chi connectivity index (χ2n) is 12.9. The molecular formula is C41H40N4O10V2-2. The summed E-state index contributed by atoms with van der Waals surface area (Å²) in [4.78, 5) is 33.0. The van der Waals surface area contributed by atoms with Crippen molar-refractivity contribution in [1.29, 1.82) is 0 Å². The molecule has 1 N–H and O–H groups in total. The van der Waals surface area contributed by atoms with Gasteiger partial charge in [0.2, 0.25) is 11.8 Å². The van der Waals surface area contributed by atoms with E-state index in [1.54, 1.807) is 22.3 Å². The molecule has 2 fully saturated rings. The quantitative estimate of drug-likeness (QED) is 0.215. The number of fused-ring (bicyclic) bond motifs is 6. The Labute approximate surface area is 353 Å². The van der Waals surface area contributed by atoms with E-state index in [1.807, 2.05) is 42.5 Å². The molecule has 16 heteroatoms. The van der Waals surface area contributed by atoms with Gasteiger partial charge in [0.1, 0.15) is 25.4 Å². The zero-order chi connectivity index (χ0) is 38.0. The molecule has 6 heterocycles. The number of methoxy groups -OCH3 is 1. The fourth-order valence-corrected chi connectivity index (χ4v) is 6.63. The molecule has 2 aromatic heterocycles. The molecule has 2 unspecified atom stereocenters. The third-order valence-electron chi connectivity index (χ3n) is 9.23. The first kappa shape index (κ1) is 43.7. The molecule has 4 aliphatic rings. The molecule has 2 saturated heterocycles. The van der Waals surface area contributed by atoms with Crippen molar-refractivity contribution < 1.29 is 75.4 Å². The fourth-order valence-electron chi connectivity index (χ4n) is 6.63. The zero-order valence-electron chi connectivity index (χ0n) is 31.2. The van der Waals surface area contributed by atoms with Crippen LogP contribution in [0.2, 0.25) is 0 Å². The molecule has 2 aromatic carbocycles. The van der Waals surface area contributed by atoms with Crippen LogP contribution in [0.1, 0.15) is 22.3 Å². The summed E-state index contributed by atoms with van der Waals surface area (Å²) in [5.41, 5.74) is 6.86. The molecule has 0 spiro atoms. The number of hydrogen-bond acceptors (Lipinski definition) is 12. The standard InChI is InChI=1S/C21H21N2O5.C20H19N2O5.2V/c1-25-8-2-3-15-4-5-18-16(11-15)6-7-23-19(18)12-20(22-21(23)24)28-14-17-13-26-9-10-27-17;23-7-1-2-14-3-4-17-15(10-14)5-6-22-18(17)11-19(21-20(22)24)27-13-16-12-25-8-9-26-16;;/h4-5,8,11-12,17H,6-7,9-10,13-14H2,1H3;3-4,7,10-11,16,23H,5-6,8-9,12-13H2;;/q2*-1;;. The third kappa shape index (κ3) is 11.2. The van der Waals surface area contributed by atoms with Gasteiger partial charge in [-0.25, -0.2) is 9.59 Å². The number of aryl methyl sites for hydroxylation is 2. The van der Waals surface area contributed by atoms with E-state index in [0.717, 1.165) is 64.2 Å². The maximum Gasteiger partial charge on any atom is 0.351 e. The van der Waals surface area contributed by atoms with Crippen LogP contribution in [0.15, 0.2) is 58.1 Å². The van der Waals surface area contributed by atoms with Crippen molar-refractivity contribution in [2.45, 2.75) is 38.1 Å². The Balaban J connectivity index is 0.000000210. The summed E-state index contributed by atoms with van der Waals surface area (Å²) in [5, 5.41) is 8.73. The van der Waals surface area contributed by atoms with Gasteiger partial charge in [-0.15, -0.1) is 0 Å². The second-order valence-corrected chi connectivity index (χ2v) is 12.9. The normalized spacial score (nSPS) is 17.2. The number of ether oxygens (including phenoxy) is 7. The number of nitrogens with zero attached hydrogens (tertiary/aromatic N) is 4. The maximum atomic E-state index is 12.5. The van der Waals surface area contributed by atoms with Crippen LogP contribution in [0.4, 0.5) is 0 Å². The van der Waals surface area contributed by atoms with Crippen LogP contribution in [-0.2, 0) is 86.7 Å². The van der Waals surface area contributed by atoms with Gasteiger partial charge in [0.15, 0.2) is 0 Å². The Hall–Kier alpha value is -4.41. The van der Waals surface area contributed by atoms with Crippen LogP contribution < -0.4 is 20.9 Å². The van der Waals surface area contributed by atoms with Crippen LogP contribution in [0.5, 0.6) is 11.8 Å². The first-order valence-corrected chi connectivity index (χ1v) is 18.0. The van der Waals surface area contributed by atoms with E-state index in [4.69, 9.17) is 38.3 Å². The molecule has 0 saturated carbocycles. The Morgan fingerprint density at radius 3 is 1.67 bits per heavy atom. The third-order valence-corrected chi connectivity index (χ3v) is 9.23. The molecule has 0 amide bonds. The average Bonchev–Trinajstić information content (AvgIpc) is 3.22. The summed E-state index contributed by atoms with van der Waals surface area (Å²) >= 11 is 0. The predicted octanol–water partition coefficient (Wildman–Crippen LogP) is 2.56. The van der Waals surface area contributed by atoms with Crippen molar-refractivity contribution in [2.24, 2.45) is 0 Å². The van der Waals surface area contributed by atoms with E-state index in [-0.39, 0.29) is 73.2 Å². The first-order valence-electron chi connectivity index (χ1n) is 18.0. The maximum absolute atomic E-state index is 12.5. The summed E-state index contributed by atoms with van der Waals surface area (Å²) in [5.74, 6) is 11.9. The van der Waals surface area contributed by atoms with Crippen LogP contribution in [0.25, 0.3) is 22.5 Å². The van der Waals surface area contributed by atoms with Gasteiger partial charge in [0, 0.05) is 80.6 Å². The molecule has 0 aliphatic carbocycles. The van der Waals surface area contributed by atoms with E-state index in [1.165, 1.54) is 6.61 Å². The van der Waals surface area contributed by atoms with E-state index in [2.05, 4.69) is 33.6 Å². The summed E-state index contributed by atoms with van der Waals surface area (Å²) < 4.78 is 41.4. The van der Waals surface area contributed by atoms with Gasteiger partial charge < -0.3 is 38.3 Å². The summed E-state index contributed by atoms with van der Waals surface area (Å²) in [6.45, 7) is 7.23. The van der Waals surface area contributed by atoms with Crippen molar-refractivity contribution in [2.75, 3.05) is 60.0 Å². The fraction of sp³-hybridized carbons (Fsp3) is 0.366. The van der Waals surface area contributed by atoms with E-state index in [9.17, 15) is 9.59 Å². The minimum atomic E-state index is -0.326. The van der Waals surface area contributed by atoms with Crippen molar-refractivity contribution in [3.05, 3.63) is 105 Å². The monoisotopic (exact) mass is 850 g/mol. The topological polar surface area (TPSA) is 155 Å². The molecule has 57 heavy (non-hydrogen) atoms. The van der Waals surface area contributed by atoms with Gasteiger partial charge in [-0.2, -0.15) is 9.97 Å². The number of benzene rings is 2. The number of aromatic nitrogens is 4. The predicted molar refractivity (Wildman–Crippen MR) is 199 cm³/mol. The number of aliphatic hydroxyl groups excluding tert-OH is 1. The van der Waals surface area contributed by atoms with E-state index >= 15 is 0 Å². The van der Waals surface area contributed by atoms with E-state index in [0.29, 0.717) is 65.2 Å². The van der Waals surface area contributed by atoms with Crippen molar-refractivity contribution in [1.82, 2.24) is 19.1 Å². The molecule has 0 bridgehead atoms. The van der Waals surface area contributed by atoms with Crippen molar-refractivity contribution >= 4 is 0 Å². The number of hydrogen-bond donors (Lipinski definition) is 1. The van der Waals surface area contributed by atoms with Crippen molar-refractivity contribution in [3.8, 4) is 58.0 Å². The molecule has 2 radical (unpaired) electrons. The average molecular weight is 851 g/mol. The minimum Gasteiger partial charge on any atom is -0.475 e. The molecular weight excluding hydrogens is 810 g/mol. The zero-order valence-corrected chi connectivity index (χ0v) is 34.0. The van der Waals surface area contributed by atoms with Gasteiger partial charge in [0.25, 0.3) is 0 Å². The van der Waals surface area contributed by atoms with Crippen molar-refractivity contribution in [3.63, 3.8) is 0 Å². The summed E-state index contributed by atoms with van der Waals surface area (Å²) in [6.07, 6.45) is 1.17. The molecule has 296 valence electrons. The van der Waals surface area contributed by atoms with Crippen LogP contribution in [-0.4, -0.2) is 96.4 Å². The van der Waals surface area contributed by atoms with Crippen LogP contribution in [0, 0.1) is 36.9 Å². The largest absolute Gasteiger partial charge is 0.475 e. The van der Waals surface area contributed by atoms with E-state index < -0.39 is 0 Å². The molecule has 2 atom stereocenters. The van der Waals surface area contributed by atoms with Gasteiger partial charge in [0.05, 0.1) is 51.0 Å². The first-order chi connectivity index (χ1) is 27.0. The molecule has 4 aliphatic heterocycles. The van der Waals surface area contributed by atoms with Crippen LogP contribution >= 0.6 is 0 Å². The van der Waals surface area contributed by atoms with Gasteiger partial charge in [-0.3, -0.25) is 32.8 Å². The number of rotatable bonds is 7. The Kier molecular flexibility index (Phi) is 16.4. The van der Waals surface area contributed by atoms with Gasteiger partial charge in [-0.05, 0) is 24.0 Å². The SMILES string of the molecule is CO[CH-]C#Cc1ccc2c(c1)CCn1c-2cc(OCC2COCCO2)nc1=O.O=c1nc(OCC2COCCO2)cc2n1CCc1cc(C#C[CH-]O)ccc1-2.[V].[V]. The van der Waals surface area contributed by atoms with Crippen LogP contribution in [0.3, 0.4) is 0 Å². The molecule has 8 rings (SSSR count). The van der Waals surface area contributed by atoms with Gasteiger partial charge in [-0.1, -0.05) is 60.7 Å². The smallest absolute Gasteiger partial charge is 0.351 e. The Morgan fingerprint density at radius 1 is 0.737 bits per heavy atom. The Morgan fingerprint density at radius 2 is 1.23 bits per heavy atom. The minimum absolute atomic E-state index is 0. The Bertz CT molecular complexity index is 2250. The summed E-state index contributed by atoms with van der Waals surface area (Å²) in [7, 11) is 1.57. The second kappa shape index (κ2) is 21.4. The van der Waals surface area contributed by atoms with Gasteiger partial charge >= 0.3 is 11.4 Å². The number of aliphatic hydroxyl groups is 1.